The second-order valence-corrected chi connectivity index (χ2v) is 9.43. The average Bonchev–Trinajstić information content (AvgIpc) is 2.91. The van der Waals surface area contributed by atoms with Crippen molar-refractivity contribution in [3.05, 3.63) is 70.8 Å². The highest BCUT2D eigenvalue weighted by Gasteiger charge is 2.48. The summed E-state index contributed by atoms with van der Waals surface area (Å²) in [4.78, 5) is 39.3. The third-order valence-electron chi connectivity index (χ3n) is 5.45. The largest absolute Gasteiger partial charge is 0.459 e. The van der Waals surface area contributed by atoms with E-state index in [1.165, 1.54) is 4.90 Å². The van der Waals surface area contributed by atoms with E-state index >= 15 is 0 Å². The molecule has 31 heavy (non-hydrogen) atoms. The summed E-state index contributed by atoms with van der Waals surface area (Å²) in [7, 11) is 0. The van der Waals surface area contributed by atoms with E-state index < -0.39 is 17.5 Å². The van der Waals surface area contributed by atoms with Crippen LogP contribution in [-0.2, 0) is 27.0 Å². The minimum Gasteiger partial charge on any atom is -0.459 e. The number of amides is 3. The molecule has 0 spiro atoms. The number of esters is 1. The molecule has 1 N–H and O–H groups in total. The molecule has 0 radical (unpaired) electrons. The van der Waals surface area contributed by atoms with Gasteiger partial charge in [-0.05, 0) is 55.0 Å². The lowest BCUT2D eigenvalue weighted by Crippen LogP contribution is -2.40. The van der Waals surface area contributed by atoms with Gasteiger partial charge in [0.2, 0.25) is 0 Å². The Balaban J connectivity index is 1.81. The molecular formula is C25H30N2O4. The van der Waals surface area contributed by atoms with Crippen molar-refractivity contribution in [1.82, 2.24) is 10.2 Å². The predicted octanol–water partition coefficient (Wildman–Crippen LogP) is 4.52. The Labute approximate surface area is 183 Å². The molecule has 1 unspecified atom stereocenters. The minimum atomic E-state index is -1.14. The summed E-state index contributed by atoms with van der Waals surface area (Å²) in [6, 6.07) is 14.1. The van der Waals surface area contributed by atoms with E-state index in [9.17, 15) is 14.4 Å². The topological polar surface area (TPSA) is 75.7 Å². The van der Waals surface area contributed by atoms with Gasteiger partial charge in [-0.3, -0.25) is 9.69 Å². The zero-order chi connectivity index (χ0) is 23.0. The van der Waals surface area contributed by atoms with Crippen LogP contribution < -0.4 is 5.32 Å². The molecule has 164 valence electrons. The monoisotopic (exact) mass is 422 g/mol. The maximum absolute atomic E-state index is 13.2. The summed E-state index contributed by atoms with van der Waals surface area (Å²) in [5.41, 5.74) is 1.81. The van der Waals surface area contributed by atoms with Gasteiger partial charge >= 0.3 is 12.0 Å². The number of carbonyl (C=O) groups is 3. The summed E-state index contributed by atoms with van der Waals surface area (Å²) in [5, 5.41) is 2.83. The molecule has 1 heterocycles. The second kappa shape index (κ2) is 8.17. The summed E-state index contributed by atoms with van der Waals surface area (Å²) < 4.78 is 5.23. The number of carbonyl (C=O) groups excluding carboxylic acids is 3. The van der Waals surface area contributed by atoms with Gasteiger partial charge in [0.25, 0.3) is 5.91 Å². The highest BCUT2D eigenvalue weighted by Crippen LogP contribution is 2.32. The lowest BCUT2D eigenvalue weighted by atomic mass is 9.84. The molecule has 0 saturated carbocycles. The fraction of sp³-hybridized carbons (Fsp3) is 0.400. The summed E-state index contributed by atoms with van der Waals surface area (Å²) in [5.74, 6) is -0.756. The van der Waals surface area contributed by atoms with Crippen LogP contribution >= 0.6 is 0 Å². The van der Waals surface area contributed by atoms with Gasteiger partial charge in [-0.15, -0.1) is 0 Å². The Morgan fingerprint density at radius 2 is 1.74 bits per heavy atom. The normalized spacial score (nSPS) is 19.0. The van der Waals surface area contributed by atoms with Crippen LogP contribution in [-0.4, -0.2) is 28.9 Å². The Kier molecular flexibility index (Phi) is 5.94. The van der Waals surface area contributed by atoms with E-state index in [0.29, 0.717) is 11.1 Å². The van der Waals surface area contributed by atoms with Crippen molar-refractivity contribution in [3.63, 3.8) is 0 Å². The first-order chi connectivity index (χ1) is 14.4. The lowest BCUT2D eigenvalue weighted by molar-refractivity contribution is -0.131. The summed E-state index contributed by atoms with van der Waals surface area (Å²) >= 11 is 0. The molecule has 0 aliphatic carbocycles. The van der Waals surface area contributed by atoms with Crippen molar-refractivity contribution in [1.29, 1.82) is 0 Å². The maximum Gasteiger partial charge on any atom is 0.338 e. The number of nitrogens with one attached hydrogen (secondary N) is 1. The van der Waals surface area contributed by atoms with Gasteiger partial charge in [-0.1, -0.05) is 57.2 Å². The van der Waals surface area contributed by atoms with Crippen LogP contribution in [0.15, 0.2) is 48.5 Å². The quantitative estimate of drug-likeness (QED) is 0.568. The fourth-order valence-electron chi connectivity index (χ4n) is 3.60. The van der Waals surface area contributed by atoms with Crippen LogP contribution in [0.4, 0.5) is 4.79 Å². The van der Waals surface area contributed by atoms with E-state index in [2.05, 4.69) is 26.1 Å². The van der Waals surface area contributed by atoms with E-state index in [-0.39, 0.29) is 24.0 Å². The van der Waals surface area contributed by atoms with Crippen molar-refractivity contribution in [3.8, 4) is 0 Å². The van der Waals surface area contributed by atoms with E-state index in [0.717, 1.165) is 11.1 Å². The zero-order valence-corrected chi connectivity index (χ0v) is 19.0. The number of urea groups is 1. The van der Waals surface area contributed by atoms with Gasteiger partial charge < -0.3 is 10.1 Å². The Morgan fingerprint density at radius 3 is 2.32 bits per heavy atom. The lowest BCUT2D eigenvalue weighted by Gasteiger charge is -2.24. The number of ether oxygens (including phenoxy) is 1. The highest BCUT2D eigenvalue weighted by molar-refractivity contribution is 6.07. The Bertz CT molecular complexity index is 1000. The molecule has 6 heteroatoms. The maximum atomic E-state index is 13.2. The SMILES string of the molecule is CC(C)OC(=O)c1cccc(CN2C(=O)NC(C)(c3ccc(C(C)(C)C)cc3)C2=O)c1. The molecule has 1 fully saturated rings. The molecule has 1 aliphatic heterocycles. The summed E-state index contributed by atoms with van der Waals surface area (Å²) in [6.07, 6.45) is -0.229. The average molecular weight is 423 g/mol. The fourth-order valence-corrected chi connectivity index (χ4v) is 3.60. The van der Waals surface area contributed by atoms with Crippen LogP contribution in [0.1, 0.15) is 68.6 Å². The number of nitrogens with zero attached hydrogens (tertiary/aromatic N) is 1. The van der Waals surface area contributed by atoms with Crippen LogP contribution in [0.2, 0.25) is 0 Å². The molecule has 2 aromatic carbocycles. The second-order valence-electron chi connectivity index (χ2n) is 9.43. The van der Waals surface area contributed by atoms with Crippen LogP contribution in [0.3, 0.4) is 0 Å². The molecule has 0 bridgehead atoms. The molecule has 1 aliphatic rings. The number of imide groups is 1. The van der Waals surface area contributed by atoms with Gasteiger partial charge in [0.1, 0.15) is 5.54 Å². The van der Waals surface area contributed by atoms with E-state index in [4.69, 9.17) is 4.74 Å². The Hall–Kier alpha value is -3.15. The smallest absolute Gasteiger partial charge is 0.338 e. The third kappa shape index (κ3) is 4.63. The van der Waals surface area contributed by atoms with Gasteiger partial charge in [-0.2, -0.15) is 0 Å². The van der Waals surface area contributed by atoms with Gasteiger partial charge in [0.15, 0.2) is 0 Å². The first-order valence-corrected chi connectivity index (χ1v) is 10.5. The standard InChI is InChI=1S/C25H30N2O4/c1-16(2)31-21(28)18-9-7-8-17(14-18)15-27-22(29)25(6,26-23(27)30)20-12-10-19(11-13-20)24(3,4)5/h7-14,16H,15H2,1-6H3,(H,26,30). The number of hydrogen-bond acceptors (Lipinski definition) is 4. The molecule has 1 atom stereocenters. The minimum absolute atomic E-state index is 0.00383. The van der Waals surface area contributed by atoms with Crippen molar-refractivity contribution >= 4 is 17.9 Å². The van der Waals surface area contributed by atoms with Crippen molar-refractivity contribution in [2.45, 2.75) is 65.1 Å². The first kappa shape index (κ1) is 22.5. The van der Waals surface area contributed by atoms with Crippen LogP contribution in [0.25, 0.3) is 0 Å². The van der Waals surface area contributed by atoms with Crippen molar-refractivity contribution in [2.75, 3.05) is 0 Å². The predicted molar refractivity (Wildman–Crippen MR) is 119 cm³/mol. The van der Waals surface area contributed by atoms with E-state index in [1.807, 2.05) is 24.3 Å². The zero-order valence-electron chi connectivity index (χ0n) is 19.0. The van der Waals surface area contributed by atoms with Crippen molar-refractivity contribution in [2.24, 2.45) is 0 Å². The molecule has 2 aromatic rings. The molecule has 3 rings (SSSR count). The van der Waals surface area contributed by atoms with E-state index in [1.54, 1.807) is 45.0 Å². The molecule has 0 aromatic heterocycles. The Morgan fingerprint density at radius 1 is 1.10 bits per heavy atom. The number of hydrogen-bond donors (Lipinski definition) is 1. The molecule has 3 amide bonds. The molecule has 1 saturated heterocycles. The highest BCUT2D eigenvalue weighted by atomic mass is 16.5. The third-order valence-corrected chi connectivity index (χ3v) is 5.45. The van der Waals surface area contributed by atoms with Gasteiger partial charge in [0, 0.05) is 0 Å². The van der Waals surface area contributed by atoms with Crippen molar-refractivity contribution < 1.29 is 19.1 Å². The van der Waals surface area contributed by atoms with Gasteiger partial charge in [-0.25, -0.2) is 9.59 Å². The number of benzene rings is 2. The van der Waals surface area contributed by atoms with Gasteiger partial charge in [0.05, 0.1) is 18.2 Å². The number of rotatable bonds is 5. The summed E-state index contributed by atoms with van der Waals surface area (Å²) in [6.45, 7) is 11.7. The molecule has 6 nitrogen and oxygen atoms in total. The first-order valence-electron chi connectivity index (χ1n) is 10.5. The molecular weight excluding hydrogens is 392 g/mol. The van der Waals surface area contributed by atoms with Crippen LogP contribution in [0, 0.1) is 0 Å². The van der Waals surface area contributed by atoms with Crippen LogP contribution in [0.5, 0.6) is 0 Å².